The van der Waals surface area contributed by atoms with Gasteiger partial charge in [-0.3, -0.25) is 19.8 Å². The summed E-state index contributed by atoms with van der Waals surface area (Å²) >= 11 is 0. The summed E-state index contributed by atoms with van der Waals surface area (Å²) in [6, 6.07) is 11.1. The van der Waals surface area contributed by atoms with Crippen LogP contribution in [-0.2, 0) is 9.59 Å². The Bertz CT molecular complexity index is 857. The lowest BCUT2D eigenvalue weighted by molar-refractivity contribution is -0.126. The van der Waals surface area contributed by atoms with Gasteiger partial charge in [-0.1, -0.05) is 48.0 Å². The number of anilines is 1. The molecule has 0 heterocycles. The number of imide groups is 1. The first-order valence-corrected chi connectivity index (χ1v) is 8.92. The zero-order valence-corrected chi connectivity index (χ0v) is 16.6. The number of urea groups is 1. The van der Waals surface area contributed by atoms with Gasteiger partial charge in [0.1, 0.15) is 6.04 Å². The lowest BCUT2D eigenvalue weighted by Gasteiger charge is -2.26. The van der Waals surface area contributed by atoms with Crippen molar-refractivity contribution in [2.75, 3.05) is 18.9 Å². The van der Waals surface area contributed by atoms with Crippen LogP contribution in [0, 0.1) is 20.8 Å². The van der Waals surface area contributed by atoms with E-state index < -0.39 is 18.0 Å². The summed E-state index contributed by atoms with van der Waals surface area (Å²) in [5.41, 5.74) is 9.57. The Morgan fingerprint density at radius 1 is 1.04 bits per heavy atom. The fourth-order valence-electron chi connectivity index (χ4n) is 3.31. The maximum Gasteiger partial charge on any atom is 0.318 e. The zero-order chi connectivity index (χ0) is 20.8. The summed E-state index contributed by atoms with van der Waals surface area (Å²) in [6.45, 7) is 5.83. The Morgan fingerprint density at radius 3 is 2.14 bits per heavy atom. The minimum Gasteiger partial charge on any atom is -0.351 e. The average molecular weight is 382 g/mol. The second-order valence-corrected chi connectivity index (χ2v) is 6.90. The van der Waals surface area contributed by atoms with Crippen LogP contribution in [0.15, 0.2) is 42.5 Å². The first-order chi connectivity index (χ1) is 13.2. The number of benzene rings is 2. The van der Waals surface area contributed by atoms with Crippen molar-refractivity contribution in [3.63, 3.8) is 0 Å². The van der Waals surface area contributed by atoms with Crippen LogP contribution >= 0.6 is 0 Å². The quantitative estimate of drug-likeness (QED) is 0.713. The van der Waals surface area contributed by atoms with E-state index >= 15 is 0 Å². The first kappa shape index (κ1) is 21.1. The molecule has 1 atom stereocenters. The predicted molar refractivity (Wildman–Crippen MR) is 109 cm³/mol. The molecule has 0 aromatic heterocycles. The van der Waals surface area contributed by atoms with Crippen molar-refractivity contribution in [2.45, 2.75) is 26.8 Å². The number of carbonyl (C=O) groups is 3. The molecule has 2 aromatic carbocycles. The number of hydrogen-bond acceptors (Lipinski definition) is 4. The van der Waals surface area contributed by atoms with Crippen LogP contribution in [0.25, 0.3) is 0 Å². The monoisotopic (exact) mass is 382 g/mol. The van der Waals surface area contributed by atoms with Crippen molar-refractivity contribution in [1.29, 1.82) is 0 Å². The Labute approximate surface area is 164 Å². The SMILES string of the molecule is Cc1cc(C)c(NC(=O)CN(C)[C@H](C(=O)NC(N)=O)c2ccccc2)c(C)c1. The molecule has 28 heavy (non-hydrogen) atoms. The van der Waals surface area contributed by atoms with Gasteiger partial charge >= 0.3 is 6.03 Å². The van der Waals surface area contributed by atoms with Crippen LogP contribution in [-0.4, -0.2) is 36.3 Å². The van der Waals surface area contributed by atoms with Crippen molar-refractivity contribution in [3.05, 3.63) is 64.7 Å². The molecule has 7 nitrogen and oxygen atoms in total. The number of carbonyl (C=O) groups excluding carboxylic acids is 3. The fraction of sp³-hybridized carbons (Fsp3) is 0.286. The van der Waals surface area contributed by atoms with Gasteiger partial charge < -0.3 is 11.1 Å². The van der Waals surface area contributed by atoms with E-state index in [4.69, 9.17) is 5.73 Å². The Hall–Kier alpha value is -3.19. The first-order valence-electron chi connectivity index (χ1n) is 8.92. The van der Waals surface area contributed by atoms with Crippen molar-refractivity contribution < 1.29 is 14.4 Å². The van der Waals surface area contributed by atoms with Crippen LogP contribution in [0.1, 0.15) is 28.3 Å². The van der Waals surface area contributed by atoms with Crippen molar-refractivity contribution in [3.8, 4) is 0 Å². The third-order valence-corrected chi connectivity index (χ3v) is 4.39. The molecule has 0 aliphatic heterocycles. The normalized spacial score (nSPS) is 11.8. The van der Waals surface area contributed by atoms with Crippen LogP contribution in [0.2, 0.25) is 0 Å². The van der Waals surface area contributed by atoms with Gasteiger partial charge in [-0.25, -0.2) is 4.79 Å². The molecule has 0 unspecified atom stereocenters. The van der Waals surface area contributed by atoms with Gasteiger partial charge in [-0.05, 0) is 44.5 Å². The van der Waals surface area contributed by atoms with Gasteiger partial charge in [0.25, 0.3) is 0 Å². The third kappa shape index (κ3) is 5.40. The molecule has 4 amide bonds. The summed E-state index contributed by atoms with van der Waals surface area (Å²) in [4.78, 5) is 37.8. The molecule has 0 saturated heterocycles. The number of amides is 4. The van der Waals surface area contributed by atoms with E-state index in [9.17, 15) is 14.4 Å². The lowest BCUT2D eigenvalue weighted by Crippen LogP contribution is -2.45. The van der Waals surface area contributed by atoms with E-state index in [1.807, 2.05) is 39.0 Å². The van der Waals surface area contributed by atoms with Gasteiger partial charge in [0, 0.05) is 5.69 Å². The molecule has 2 rings (SSSR count). The highest BCUT2D eigenvalue weighted by molar-refractivity contribution is 5.98. The summed E-state index contributed by atoms with van der Waals surface area (Å²) in [5, 5.41) is 5.01. The van der Waals surface area contributed by atoms with Crippen LogP contribution < -0.4 is 16.4 Å². The molecule has 148 valence electrons. The number of nitrogens with two attached hydrogens (primary N) is 1. The van der Waals surface area contributed by atoms with Crippen LogP contribution in [0.4, 0.5) is 10.5 Å². The number of nitrogens with zero attached hydrogens (tertiary/aromatic N) is 1. The number of aryl methyl sites for hydroxylation is 3. The highest BCUT2D eigenvalue weighted by Gasteiger charge is 2.27. The molecule has 0 aliphatic carbocycles. The second kappa shape index (κ2) is 9.14. The van der Waals surface area contributed by atoms with E-state index in [-0.39, 0.29) is 12.5 Å². The molecule has 7 heteroatoms. The Balaban J connectivity index is 2.18. The number of rotatable bonds is 6. The summed E-state index contributed by atoms with van der Waals surface area (Å²) in [5.74, 6) is -0.845. The number of likely N-dealkylation sites (N-methyl/N-ethyl adjacent to an activating group) is 1. The number of primary amides is 1. The number of hydrogen-bond donors (Lipinski definition) is 3. The molecular weight excluding hydrogens is 356 g/mol. The fourth-order valence-corrected chi connectivity index (χ4v) is 3.31. The lowest BCUT2D eigenvalue weighted by atomic mass is 10.0. The maximum atomic E-state index is 12.6. The van der Waals surface area contributed by atoms with E-state index in [0.717, 1.165) is 22.4 Å². The third-order valence-electron chi connectivity index (χ3n) is 4.39. The van der Waals surface area contributed by atoms with Gasteiger partial charge in [-0.15, -0.1) is 0 Å². The van der Waals surface area contributed by atoms with E-state index in [0.29, 0.717) is 5.56 Å². The van der Waals surface area contributed by atoms with E-state index in [1.165, 1.54) is 0 Å². The average Bonchev–Trinajstić information content (AvgIpc) is 2.58. The highest BCUT2D eigenvalue weighted by Crippen LogP contribution is 2.23. The van der Waals surface area contributed by atoms with E-state index in [1.54, 1.807) is 36.2 Å². The summed E-state index contributed by atoms with van der Waals surface area (Å²) in [7, 11) is 1.65. The van der Waals surface area contributed by atoms with Crippen LogP contribution in [0.5, 0.6) is 0 Å². The minimum atomic E-state index is -0.935. The molecule has 0 saturated carbocycles. The van der Waals surface area contributed by atoms with Gasteiger partial charge in [0.15, 0.2) is 0 Å². The van der Waals surface area contributed by atoms with Crippen LogP contribution in [0.3, 0.4) is 0 Å². The minimum absolute atomic E-state index is 0.0432. The van der Waals surface area contributed by atoms with Crippen molar-refractivity contribution in [1.82, 2.24) is 10.2 Å². The van der Waals surface area contributed by atoms with Crippen molar-refractivity contribution >= 4 is 23.5 Å². The molecule has 0 bridgehead atoms. The Kier molecular flexibility index (Phi) is 6.89. The smallest absolute Gasteiger partial charge is 0.318 e. The second-order valence-electron chi connectivity index (χ2n) is 6.90. The van der Waals surface area contributed by atoms with Gasteiger partial charge in [0.2, 0.25) is 11.8 Å². The topological polar surface area (TPSA) is 105 Å². The van der Waals surface area contributed by atoms with E-state index in [2.05, 4.69) is 10.6 Å². The molecule has 0 fully saturated rings. The standard InChI is InChI=1S/C21H26N4O3/c1-13-10-14(2)18(15(3)11-13)23-17(26)12-25(4)19(20(27)24-21(22)28)16-8-6-5-7-9-16/h5-11,19H,12H2,1-4H3,(H,23,26)(H3,22,24,27,28)/t19-/m0/s1. The highest BCUT2D eigenvalue weighted by atomic mass is 16.2. The largest absolute Gasteiger partial charge is 0.351 e. The van der Waals surface area contributed by atoms with Crippen molar-refractivity contribution in [2.24, 2.45) is 5.73 Å². The molecule has 2 aromatic rings. The summed E-state index contributed by atoms with van der Waals surface area (Å²) < 4.78 is 0. The predicted octanol–water partition coefficient (Wildman–Crippen LogP) is 2.42. The summed E-state index contributed by atoms with van der Waals surface area (Å²) in [6.07, 6.45) is 0. The molecule has 4 N–H and O–H groups in total. The Morgan fingerprint density at radius 2 is 1.61 bits per heavy atom. The zero-order valence-electron chi connectivity index (χ0n) is 16.6. The molecular formula is C21H26N4O3. The molecule has 0 aliphatic rings. The molecule has 0 radical (unpaired) electrons. The number of nitrogens with one attached hydrogen (secondary N) is 2. The molecule has 0 spiro atoms. The van der Waals surface area contributed by atoms with Gasteiger partial charge in [-0.2, -0.15) is 0 Å². The van der Waals surface area contributed by atoms with Gasteiger partial charge in [0.05, 0.1) is 6.54 Å². The maximum absolute atomic E-state index is 12.6.